The first-order chi connectivity index (χ1) is 8.83. The van der Waals surface area contributed by atoms with Crippen LogP contribution < -0.4 is 0 Å². The molecule has 4 nitrogen and oxygen atoms in total. The minimum absolute atomic E-state index is 0. The molecule has 0 aromatic heterocycles. The molecular formula is C14H10FeNO3-. The molecule has 0 aliphatic carbocycles. The fraction of sp³-hybridized carbons (Fsp3) is 0. The van der Waals surface area contributed by atoms with Crippen molar-refractivity contribution in [2.24, 2.45) is 0 Å². The molecule has 0 unspecified atom stereocenters. The monoisotopic (exact) mass is 296 g/mol. The van der Waals surface area contributed by atoms with E-state index >= 15 is 0 Å². The molecule has 1 N–H and O–H groups in total. The van der Waals surface area contributed by atoms with Gasteiger partial charge in [0.1, 0.15) is 5.75 Å². The summed E-state index contributed by atoms with van der Waals surface area (Å²) in [5.41, 5.74) is 0.563. The van der Waals surface area contributed by atoms with E-state index in [1.54, 1.807) is 12.1 Å². The van der Waals surface area contributed by atoms with Gasteiger partial charge in [-0.3, -0.25) is 0 Å². The molecule has 0 amide bonds. The van der Waals surface area contributed by atoms with Gasteiger partial charge in [0.25, 0.3) is 0 Å². The molecule has 0 heterocycles. The molecule has 19 heavy (non-hydrogen) atoms. The van der Waals surface area contributed by atoms with Crippen LogP contribution in [0.3, 0.4) is 0 Å². The molecule has 98 valence electrons. The summed E-state index contributed by atoms with van der Waals surface area (Å²) in [6, 6.07) is 18.0. The molecule has 0 saturated carbocycles. The first-order valence-corrected chi connectivity index (χ1v) is 4.59. The molecule has 2 aromatic carbocycles. The van der Waals surface area contributed by atoms with Gasteiger partial charge in [-0.25, -0.2) is 12.1 Å². The molecular weight excluding hydrogens is 286 g/mol. The molecule has 2 rings (SSSR count). The van der Waals surface area contributed by atoms with Crippen molar-refractivity contribution in [2.45, 2.75) is 0 Å². The van der Waals surface area contributed by atoms with Crippen LogP contribution in [0.4, 0.5) is 0 Å². The number of phenols is 1. The maximum absolute atomic E-state index is 8.74. The normalized spacial score (nSPS) is 6.26. The number of rotatable bonds is 0. The molecule has 0 aliphatic heterocycles. The third-order valence-corrected chi connectivity index (χ3v) is 1.55. The maximum atomic E-state index is 8.74. The van der Waals surface area contributed by atoms with E-state index in [0.29, 0.717) is 5.56 Å². The number of nitrogens with zero attached hydrogens (tertiary/aromatic N) is 1. The summed E-state index contributed by atoms with van der Waals surface area (Å²) in [4.78, 5) is 0. The predicted octanol–water partition coefficient (Wildman–Crippen LogP) is 2.59. The fourth-order valence-electron chi connectivity index (χ4n) is 0.857. The molecule has 5 heteroatoms. The van der Waals surface area contributed by atoms with Crippen molar-refractivity contribution >= 4 is 0 Å². The summed E-state index contributed by atoms with van der Waals surface area (Å²) in [7, 11) is 0. The summed E-state index contributed by atoms with van der Waals surface area (Å²) in [5, 5.41) is 17.0. The Hall–Kier alpha value is -2.14. The van der Waals surface area contributed by atoms with Gasteiger partial charge in [0.2, 0.25) is 0 Å². The van der Waals surface area contributed by atoms with Crippen LogP contribution in [-0.2, 0) is 26.4 Å². The molecule has 0 bridgehead atoms. The molecule has 0 saturated heterocycles. The average molecular weight is 296 g/mol. The minimum Gasteiger partial charge on any atom is -0.214 e. The largest absolute Gasteiger partial charge is 0.214 e. The van der Waals surface area contributed by atoms with Crippen LogP contribution in [0.2, 0.25) is 0 Å². The summed E-state index contributed by atoms with van der Waals surface area (Å²) < 4.78 is 15.0. The number of aromatic hydroxyl groups is 1. The second-order valence-corrected chi connectivity index (χ2v) is 2.62. The second kappa shape index (κ2) is 18.2. The molecule has 0 radical (unpaired) electrons. The Labute approximate surface area is 122 Å². The fourth-order valence-corrected chi connectivity index (χ4v) is 0.857. The molecule has 0 atom stereocenters. The van der Waals surface area contributed by atoms with Gasteiger partial charge in [-0.1, -0.05) is 0 Å². The average Bonchev–Trinajstić information content (AvgIpc) is 3.03. The van der Waals surface area contributed by atoms with Gasteiger partial charge >= 0.3 is 22.6 Å². The Kier molecular flexibility index (Phi) is 21.2. The van der Waals surface area contributed by atoms with Gasteiger partial charge in [0, 0.05) is 17.1 Å². The van der Waals surface area contributed by atoms with Crippen LogP contribution in [0.5, 0.6) is 5.75 Å². The number of benzene rings is 1. The van der Waals surface area contributed by atoms with E-state index in [0.717, 1.165) is 0 Å². The van der Waals surface area contributed by atoms with E-state index in [1.165, 1.54) is 12.1 Å². The third-order valence-electron chi connectivity index (χ3n) is 1.55. The minimum atomic E-state index is 0. The Morgan fingerprint density at radius 1 is 1.00 bits per heavy atom. The van der Waals surface area contributed by atoms with Crippen molar-refractivity contribution < 1.29 is 31.5 Å². The third kappa shape index (κ3) is 13.8. The van der Waals surface area contributed by atoms with Crippen LogP contribution in [0.25, 0.3) is 0 Å². The van der Waals surface area contributed by atoms with Crippen molar-refractivity contribution in [3.63, 3.8) is 0 Å². The van der Waals surface area contributed by atoms with Gasteiger partial charge in [-0.2, -0.15) is 23.5 Å². The van der Waals surface area contributed by atoms with Gasteiger partial charge in [0.15, 0.2) is 0 Å². The van der Waals surface area contributed by atoms with Crippen molar-refractivity contribution in [1.82, 2.24) is 0 Å². The van der Waals surface area contributed by atoms with Crippen LogP contribution in [0.1, 0.15) is 5.56 Å². The number of phenolic OH excluding ortho intramolecular Hbond substituents is 1. The smallest absolute Gasteiger partial charge is 0 e. The van der Waals surface area contributed by atoms with Crippen molar-refractivity contribution in [1.29, 1.82) is 5.26 Å². The Balaban J connectivity index is -0.000000220. The number of hydrogen-bond donors (Lipinski definition) is 1. The molecule has 0 fully saturated rings. The zero-order valence-corrected chi connectivity index (χ0v) is 10.9. The van der Waals surface area contributed by atoms with Gasteiger partial charge in [0.05, 0.1) is 11.6 Å². The summed E-state index contributed by atoms with van der Waals surface area (Å²) >= 11 is 0. The molecule has 0 spiro atoms. The number of nitriles is 1. The van der Waals surface area contributed by atoms with E-state index in [1.807, 2.05) is 36.4 Å². The topological polar surface area (TPSA) is 83.8 Å². The van der Waals surface area contributed by atoms with E-state index in [4.69, 9.17) is 19.7 Å². The maximum Gasteiger partial charge on any atom is 0 e. The Morgan fingerprint density at radius 2 is 1.42 bits per heavy atom. The summed E-state index contributed by atoms with van der Waals surface area (Å²) in [5.74, 6) is 0.189. The quantitative estimate of drug-likeness (QED) is 0.460. The van der Waals surface area contributed by atoms with E-state index < -0.39 is 0 Å². The summed E-state index contributed by atoms with van der Waals surface area (Å²) in [6.45, 7) is 9.00. The van der Waals surface area contributed by atoms with Crippen LogP contribution in [-0.4, -0.2) is 5.11 Å². The predicted molar refractivity (Wildman–Crippen MR) is 62.7 cm³/mol. The zero-order valence-electron chi connectivity index (χ0n) is 9.76. The van der Waals surface area contributed by atoms with E-state index in [2.05, 4.69) is 13.3 Å². The van der Waals surface area contributed by atoms with Crippen molar-refractivity contribution in [3.8, 4) is 11.8 Å². The first-order valence-electron chi connectivity index (χ1n) is 4.59. The Bertz CT molecular complexity index is 444. The second-order valence-electron chi connectivity index (χ2n) is 2.62. The van der Waals surface area contributed by atoms with Gasteiger partial charge in [-0.15, -0.1) is 0 Å². The van der Waals surface area contributed by atoms with Crippen LogP contribution in [0, 0.1) is 24.6 Å². The van der Waals surface area contributed by atoms with Crippen LogP contribution >= 0.6 is 0 Å². The zero-order chi connectivity index (χ0) is 14.2. The van der Waals surface area contributed by atoms with Crippen LogP contribution in [0.15, 0.2) is 54.6 Å². The molecule has 2 aromatic rings. The Morgan fingerprint density at radius 3 is 1.68 bits per heavy atom. The van der Waals surface area contributed by atoms with Gasteiger partial charge in [-0.05, 0) is 24.3 Å². The van der Waals surface area contributed by atoms with E-state index in [-0.39, 0.29) is 22.8 Å². The van der Waals surface area contributed by atoms with E-state index in [9.17, 15) is 0 Å². The van der Waals surface area contributed by atoms with Gasteiger partial charge < -0.3 is 5.11 Å². The molecule has 0 aliphatic rings. The SMILES string of the molecule is N#Cc1ccc(O)cc1.[C-]#[O+].[C-]#[O+].[Fe].c1cc[cH-]c1. The summed E-state index contributed by atoms with van der Waals surface area (Å²) in [6.07, 6.45) is 0. The standard InChI is InChI=1S/C7H5NO.C5H5.2CO.Fe/c8-5-6-1-3-7(9)4-2-6;1-2-4-5-3-1;2*1-2;/h1-4,9H;1-5H;;;/q;-1;;;. The first kappa shape index (κ1) is 22.1. The van der Waals surface area contributed by atoms with Crippen molar-refractivity contribution in [2.75, 3.05) is 0 Å². The number of hydrogen-bond acceptors (Lipinski definition) is 2. The van der Waals surface area contributed by atoms with Crippen molar-refractivity contribution in [3.05, 3.63) is 73.5 Å².